The van der Waals surface area contributed by atoms with Crippen LogP contribution in [0.1, 0.15) is 57.0 Å². The van der Waals surface area contributed by atoms with Gasteiger partial charge in [-0.15, -0.1) is 0 Å². The van der Waals surface area contributed by atoms with Gasteiger partial charge in [0.25, 0.3) is 5.91 Å². The maximum absolute atomic E-state index is 12.8. The number of amides is 2. The zero-order valence-electron chi connectivity index (χ0n) is 19.9. The normalized spacial score (nSPS) is 14.2. The van der Waals surface area contributed by atoms with Crippen molar-refractivity contribution in [2.45, 2.75) is 46.5 Å². The lowest BCUT2D eigenvalue weighted by Gasteiger charge is -2.13. The van der Waals surface area contributed by atoms with Gasteiger partial charge in [0.05, 0.1) is 30.3 Å². The van der Waals surface area contributed by atoms with Gasteiger partial charge in [0.15, 0.2) is 5.76 Å². The minimum Gasteiger partial charge on any atom is -0.464 e. The van der Waals surface area contributed by atoms with Crippen LogP contribution in [0.3, 0.4) is 0 Å². The summed E-state index contributed by atoms with van der Waals surface area (Å²) in [6.07, 6.45) is 7.22. The Morgan fingerprint density at radius 1 is 1.17 bits per heavy atom. The van der Waals surface area contributed by atoms with Crippen LogP contribution in [0.15, 0.2) is 56.9 Å². The summed E-state index contributed by atoms with van der Waals surface area (Å²) in [6.45, 7) is 5.87. The molecule has 3 aromatic heterocycles. The summed E-state index contributed by atoms with van der Waals surface area (Å²) < 4.78 is 11.6. The topological polar surface area (TPSA) is 110 Å². The standard InChI is InChI=1S/C27H26N4O4/c1-15-10-16(2)24-18(14-34-22(24)11-15)12-23(32)31-30-20-7-4-8-21-25(20)17(3)26(35-21)27(33)29-19-6-5-9-28-13-19/h5-6,9-11,13-14H,4,7-8,12H2,1-3H3,(H,29,33)(H,31,32)/b30-20+. The van der Waals surface area contributed by atoms with Crippen molar-refractivity contribution in [2.24, 2.45) is 5.10 Å². The van der Waals surface area contributed by atoms with Gasteiger partial charge in [-0.2, -0.15) is 5.10 Å². The van der Waals surface area contributed by atoms with E-state index in [0.717, 1.165) is 39.6 Å². The Hall–Kier alpha value is -4.20. The first-order valence-electron chi connectivity index (χ1n) is 11.6. The molecule has 0 atom stereocenters. The molecule has 2 N–H and O–H groups in total. The lowest BCUT2D eigenvalue weighted by atomic mass is 9.93. The van der Waals surface area contributed by atoms with E-state index < -0.39 is 0 Å². The number of nitrogens with one attached hydrogen (secondary N) is 2. The van der Waals surface area contributed by atoms with Gasteiger partial charge in [-0.25, -0.2) is 5.43 Å². The lowest BCUT2D eigenvalue weighted by molar-refractivity contribution is -0.120. The molecule has 4 aromatic rings. The Labute approximate surface area is 202 Å². The molecule has 0 radical (unpaired) electrons. The van der Waals surface area contributed by atoms with Crippen molar-refractivity contribution in [1.29, 1.82) is 0 Å². The van der Waals surface area contributed by atoms with Crippen LogP contribution in [0.4, 0.5) is 5.69 Å². The predicted octanol–water partition coefficient (Wildman–Crippen LogP) is 5.00. The number of rotatable bonds is 5. The summed E-state index contributed by atoms with van der Waals surface area (Å²) in [7, 11) is 0. The van der Waals surface area contributed by atoms with Crippen LogP contribution in [-0.4, -0.2) is 22.5 Å². The molecule has 0 spiro atoms. The molecule has 0 fully saturated rings. The maximum atomic E-state index is 12.8. The third-order valence-corrected chi connectivity index (χ3v) is 6.21. The Morgan fingerprint density at radius 3 is 2.83 bits per heavy atom. The summed E-state index contributed by atoms with van der Waals surface area (Å²) in [5.41, 5.74) is 9.29. The fourth-order valence-electron chi connectivity index (χ4n) is 4.72. The zero-order valence-corrected chi connectivity index (χ0v) is 19.9. The Morgan fingerprint density at radius 2 is 2.03 bits per heavy atom. The SMILES string of the molecule is Cc1cc(C)c2c(CC(=O)N/N=C3\CCCc4oc(C(=O)Nc5cccnc5)c(C)c43)coc2c1. The fourth-order valence-corrected chi connectivity index (χ4v) is 4.72. The maximum Gasteiger partial charge on any atom is 0.291 e. The number of fused-ring (bicyclic) bond motifs is 2. The van der Waals surface area contributed by atoms with Gasteiger partial charge in [0.1, 0.15) is 11.3 Å². The highest BCUT2D eigenvalue weighted by atomic mass is 16.4. The highest BCUT2D eigenvalue weighted by Gasteiger charge is 2.28. The van der Waals surface area contributed by atoms with E-state index in [4.69, 9.17) is 8.83 Å². The number of nitrogens with zero attached hydrogens (tertiary/aromatic N) is 2. The summed E-state index contributed by atoms with van der Waals surface area (Å²) in [4.78, 5) is 29.6. The molecule has 1 aromatic carbocycles. The van der Waals surface area contributed by atoms with Crippen molar-refractivity contribution < 1.29 is 18.4 Å². The van der Waals surface area contributed by atoms with Crippen LogP contribution in [0, 0.1) is 20.8 Å². The summed E-state index contributed by atoms with van der Waals surface area (Å²) in [5, 5.41) is 8.20. The first kappa shape index (κ1) is 22.6. The summed E-state index contributed by atoms with van der Waals surface area (Å²) in [5.74, 6) is 0.383. The van der Waals surface area contributed by atoms with Gasteiger partial charge in [-0.05, 0) is 62.9 Å². The monoisotopic (exact) mass is 470 g/mol. The molecular formula is C27H26N4O4. The second-order valence-electron chi connectivity index (χ2n) is 8.89. The quantitative estimate of drug-likeness (QED) is 0.399. The van der Waals surface area contributed by atoms with Crippen LogP contribution in [0.25, 0.3) is 11.0 Å². The summed E-state index contributed by atoms with van der Waals surface area (Å²) >= 11 is 0. The molecule has 2 amide bonds. The largest absolute Gasteiger partial charge is 0.464 e. The second-order valence-corrected chi connectivity index (χ2v) is 8.89. The van der Waals surface area contributed by atoms with Gasteiger partial charge >= 0.3 is 0 Å². The van der Waals surface area contributed by atoms with Gasteiger partial charge in [-0.1, -0.05) is 6.07 Å². The number of anilines is 1. The molecule has 8 nitrogen and oxygen atoms in total. The van der Waals surface area contributed by atoms with E-state index in [1.54, 1.807) is 30.8 Å². The smallest absolute Gasteiger partial charge is 0.291 e. The number of hydrogen-bond acceptors (Lipinski definition) is 6. The molecule has 8 heteroatoms. The molecule has 0 aliphatic heterocycles. The molecule has 0 saturated heterocycles. The molecular weight excluding hydrogens is 444 g/mol. The highest BCUT2D eigenvalue weighted by Crippen LogP contribution is 2.30. The molecule has 0 bridgehead atoms. The van der Waals surface area contributed by atoms with E-state index in [0.29, 0.717) is 35.6 Å². The van der Waals surface area contributed by atoms with E-state index >= 15 is 0 Å². The van der Waals surface area contributed by atoms with E-state index in [1.807, 2.05) is 26.8 Å². The first-order chi connectivity index (χ1) is 16.9. The first-order valence-corrected chi connectivity index (χ1v) is 11.6. The van der Waals surface area contributed by atoms with E-state index in [1.165, 1.54) is 0 Å². The molecule has 3 heterocycles. The van der Waals surface area contributed by atoms with Crippen molar-refractivity contribution in [1.82, 2.24) is 10.4 Å². The number of pyridine rings is 1. The minimum atomic E-state index is -0.342. The fraction of sp³-hybridized carbons (Fsp3) is 0.259. The Balaban J connectivity index is 1.34. The highest BCUT2D eigenvalue weighted by molar-refractivity contribution is 6.09. The number of aryl methyl sites for hydroxylation is 3. The van der Waals surface area contributed by atoms with Crippen molar-refractivity contribution in [2.75, 3.05) is 5.32 Å². The van der Waals surface area contributed by atoms with Gasteiger partial charge in [0.2, 0.25) is 5.91 Å². The number of carbonyl (C=O) groups excluding carboxylic acids is 2. The number of benzene rings is 1. The van der Waals surface area contributed by atoms with Crippen molar-refractivity contribution in [3.05, 3.63) is 82.3 Å². The summed E-state index contributed by atoms with van der Waals surface area (Å²) in [6, 6.07) is 7.55. The third-order valence-electron chi connectivity index (χ3n) is 6.21. The number of hydrogen-bond donors (Lipinski definition) is 2. The van der Waals surface area contributed by atoms with Crippen molar-refractivity contribution >= 4 is 34.2 Å². The number of carbonyl (C=O) groups is 2. The number of furan rings is 2. The van der Waals surface area contributed by atoms with Crippen molar-refractivity contribution in [3.8, 4) is 0 Å². The van der Waals surface area contributed by atoms with E-state index in [-0.39, 0.29) is 24.0 Å². The molecule has 35 heavy (non-hydrogen) atoms. The average Bonchev–Trinajstić information content (AvgIpc) is 3.39. The molecule has 178 valence electrons. The molecule has 0 unspecified atom stereocenters. The van der Waals surface area contributed by atoms with Crippen LogP contribution < -0.4 is 10.7 Å². The van der Waals surface area contributed by atoms with E-state index in [2.05, 4.69) is 26.9 Å². The second kappa shape index (κ2) is 9.21. The van der Waals surface area contributed by atoms with Gasteiger partial charge < -0.3 is 14.2 Å². The number of aromatic nitrogens is 1. The molecule has 0 saturated carbocycles. The van der Waals surface area contributed by atoms with Crippen molar-refractivity contribution in [3.63, 3.8) is 0 Å². The van der Waals surface area contributed by atoms with Gasteiger partial charge in [0, 0.05) is 34.7 Å². The molecule has 1 aliphatic rings. The van der Waals surface area contributed by atoms with Crippen LogP contribution in [0.2, 0.25) is 0 Å². The van der Waals surface area contributed by atoms with Gasteiger partial charge in [-0.3, -0.25) is 14.6 Å². The predicted molar refractivity (Wildman–Crippen MR) is 133 cm³/mol. The van der Waals surface area contributed by atoms with Crippen LogP contribution in [0.5, 0.6) is 0 Å². The minimum absolute atomic E-state index is 0.156. The molecule has 5 rings (SSSR count). The van der Waals surface area contributed by atoms with E-state index in [9.17, 15) is 9.59 Å². The Kier molecular flexibility index (Phi) is 5.94. The zero-order chi connectivity index (χ0) is 24.5. The number of hydrazone groups is 1. The molecule has 1 aliphatic carbocycles. The Bertz CT molecular complexity index is 1460. The third kappa shape index (κ3) is 4.47. The lowest BCUT2D eigenvalue weighted by Crippen LogP contribution is -2.23. The van der Waals surface area contributed by atoms with Crippen LogP contribution in [-0.2, 0) is 17.6 Å². The average molecular weight is 471 g/mol. The van der Waals surface area contributed by atoms with Crippen LogP contribution >= 0.6 is 0 Å².